The van der Waals surface area contributed by atoms with Crippen molar-refractivity contribution in [2.24, 2.45) is 0 Å². The number of thioether (sulfide) groups is 1. The van der Waals surface area contributed by atoms with Crippen LogP contribution in [0.2, 0.25) is 0 Å². The van der Waals surface area contributed by atoms with Crippen LogP contribution in [0.3, 0.4) is 0 Å². The summed E-state index contributed by atoms with van der Waals surface area (Å²) >= 11 is 0.834. The molecule has 3 rings (SSSR count). The molecule has 2 unspecified atom stereocenters. The van der Waals surface area contributed by atoms with E-state index in [1.54, 1.807) is 6.92 Å². The van der Waals surface area contributed by atoms with Gasteiger partial charge in [-0.1, -0.05) is 11.8 Å². The smallest absolute Gasteiger partial charge is 1.00 e. The van der Waals surface area contributed by atoms with Crippen molar-refractivity contribution >= 4 is 43.1 Å². The van der Waals surface area contributed by atoms with Gasteiger partial charge in [-0.2, -0.15) is 5.06 Å². The Balaban J connectivity index is 0. The first kappa shape index (κ1) is 31.4. The quantitative estimate of drug-likeness (QED) is 0.108. The SMILES string of the molecule is CCOP(=O)(O)Cn1nnnc1SCC(=O)N[C@H]1CON(C2(C(=O)O)CCC(=O)O2)C1=O.[H-].[H-].[Na+].[Na+]. The number of ether oxygens (including phenoxy) is 1. The van der Waals surface area contributed by atoms with Crippen LogP contribution in [0.4, 0.5) is 0 Å². The number of hydrogen-bond acceptors (Lipinski definition) is 12. The number of hydrogen-bond donors (Lipinski definition) is 3. The summed E-state index contributed by atoms with van der Waals surface area (Å²) in [5.41, 5.74) is -2.27. The molecule has 180 valence electrons. The summed E-state index contributed by atoms with van der Waals surface area (Å²) in [7, 11) is -3.97. The largest absolute Gasteiger partial charge is 1.00 e. The van der Waals surface area contributed by atoms with E-state index >= 15 is 0 Å². The molecule has 2 amide bonds. The molecule has 0 spiro atoms. The van der Waals surface area contributed by atoms with Crippen molar-refractivity contribution in [2.75, 3.05) is 19.0 Å². The van der Waals surface area contributed by atoms with Gasteiger partial charge in [0.2, 0.25) is 11.1 Å². The van der Waals surface area contributed by atoms with Crippen molar-refractivity contribution in [2.45, 2.75) is 43.0 Å². The Morgan fingerprint density at radius 2 is 2.12 bits per heavy atom. The molecule has 0 aromatic carbocycles. The second kappa shape index (κ2) is 13.1. The summed E-state index contributed by atoms with van der Waals surface area (Å²) in [6.07, 6.45) is -1.01. The average Bonchev–Trinajstić information content (AvgIpc) is 3.40. The number of carbonyl (C=O) groups excluding carboxylic acids is 3. The molecule has 2 saturated heterocycles. The number of tetrazole rings is 1. The topological polar surface area (TPSA) is 212 Å². The van der Waals surface area contributed by atoms with E-state index in [4.69, 9.17) is 14.1 Å². The first-order valence-electron chi connectivity index (χ1n) is 9.15. The maximum absolute atomic E-state index is 12.6. The molecule has 20 heteroatoms. The third kappa shape index (κ3) is 7.22. The summed E-state index contributed by atoms with van der Waals surface area (Å²) in [6.45, 7) is 1.20. The van der Waals surface area contributed by atoms with Crippen molar-refractivity contribution in [1.29, 1.82) is 0 Å². The Morgan fingerprint density at radius 1 is 1.41 bits per heavy atom. The number of esters is 1. The Hall–Kier alpha value is -0.590. The molecule has 1 aromatic rings. The Morgan fingerprint density at radius 3 is 2.71 bits per heavy atom. The monoisotopic (exact) mass is 542 g/mol. The van der Waals surface area contributed by atoms with Crippen LogP contribution in [-0.2, 0) is 44.1 Å². The Labute approximate surface area is 243 Å². The minimum atomic E-state index is -3.97. The Kier molecular flexibility index (Phi) is 12.1. The fraction of sp³-hybridized carbons (Fsp3) is 0.643. The fourth-order valence-electron chi connectivity index (χ4n) is 2.92. The summed E-state index contributed by atoms with van der Waals surface area (Å²) in [4.78, 5) is 62.7. The number of carboxylic acids is 1. The number of amides is 2. The maximum Gasteiger partial charge on any atom is 1.00 e. The van der Waals surface area contributed by atoms with E-state index in [1.807, 2.05) is 0 Å². The maximum atomic E-state index is 12.6. The molecule has 0 saturated carbocycles. The van der Waals surface area contributed by atoms with E-state index in [0.29, 0.717) is 5.06 Å². The standard InChI is InChI=1S/C14H19N6O10PS.2Na.2H/c1-2-29-31(26,27)7-19-13(16-17-18-19)32-6-9(21)15-8-5-28-20(11(8)23)14(12(24)25)4-3-10(22)30-14;;;;/h8H,2-7H2,1H3,(H,15,21)(H,24,25)(H,26,27);;;;/q;2*+1;2*-1/t8-,14?;;;;/m0..../s1. The molecule has 2 fully saturated rings. The summed E-state index contributed by atoms with van der Waals surface area (Å²) < 4.78 is 22.5. The molecular weight excluding hydrogens is 521 g/mol. The number of cyclic esters (lactones) is 1. The minimum Gasteiger partial charge on any atom is -1.00 e. The zero-order valence-electron chi connectivity index (χ0n) is 20.6. The zero-order chi connectivity index (χ0) is 23.5. The number of nitrogens with one attached hydrogen (secondary N) is 1. The van der Waals surface area contributed by atoms with Gasteiger partial charge < -0.3 is 27.4 Å². The molecule has 16 nitrogen and oxygen atoms in total. The van der Waals surface area contributed by atoms with Gasteiger partial charge in [-0.25, -0.2) is 9.48 Å². The predicted molar refractivity (Wildman–Crippen MR) is 103 cm³/mol. The number of rotatable bonds is 10. The van der Waals surface area contributed by atoms with Gasteiger partial charge >= 0.3 is 84.4 Å². The normalized spacial score (nSPS) is 23.5. The van der Waals surface area contributed by atoms with Gasteiger partial charge in [0.15, 0.2) is 0 Å². The van der Waals surface area contributed by atoms with Gasteiger partial charge in [0.05, 0.1) is 18.8 Å². The molecular formula is C14H21N6Na2O10PS. The molecule has 3 heterocycles. The molecule has 0 radical (unpaired) electrons. The predicted octanol–water partition coefficient (Wildman–Crippen LogP) is -7.45. The van der Waals surface area contributed by atoms with Crippen LogP contribution in [0.1, 0.15) is 22.6 Å². The van der Waals surface area contributed by atoms with Crippen molar-refractivity contribution in [3.63, 3.8) is 0 Å². The van der Waals surface area contributed by atoms with E-state index in [1.165, 1.54) is 0 Å². The average molecular weight is 542 g/mol. The van der Waals surface area contributed by atoms with Crippen LogP contribution in [0.15, 0.2) is 5.16 Å². The van der Waals surface area contributed by atoms with Crippen molar-refractivity contribution in [1.82, 2.24) is 30.6 Å². The van der Waals surface area contributed by atoms with Gasteiger partial charge in [0.25, 0.3) is 5.91 Å². The van der Waals surface area contributed by atoms with Crippen LogP contribution < -0.4 is 64.4 Å². The second-order valence-corrected chi connectivity index (χ2v) is 9.32. The van der Waals surface area contributed by atoms with Gasteiger partial charge in [0.1, 0.15) is 18.9 Å². The van der Waals surface area contributed by atoms with E-state index in [2.05, 4.69) is 20.8 Å². The first-order chi connectivity index (χ1) is 15.1. The molecule has 3 N–H and O–H groups in total. The van der Waals surface area contributed by atoms with Crippen molar-refractivity contribution < 1.29 is 110 Å². The van der Waals surface area contributed by atoms with Gasteiger partial charge in [-0.3, -0.25) is 23.8 Å². The van der Waals surface area contributed by atoms with Crippen LogP contribution >= 0.6 is 19.4 Å². The molecule has 0 aliphatic carbocycles. The fourth-order valence-corrected chi connectivity index (χ4v) is 4.72. The molecule has 1 aromatic heterocycles. The number of aromatic nitrogens is 4. The minimum absolute atomic E-state index is 0. The molecule has 2 aliphatic rings. The second-order valence-electron chi connectivity index (χ2n) is 6.56. The number of nitrogens with zero attached hydrogens (tertiary/aromatic N) is 5. The van der Waals surface area contributed by atoms with E-state index in [0.717, 1.165) is 16.4 Å². The number of hydroxylamine groups is 2. The summed E-state index contributed by atoms with van der Waals surface area (Å²) in [6, 6.07) is -1.20. The number of carboxylic acid groups (broad SMARTS) is 1. The van der Waals surface area contributed by atoms with E-state index in [-0.39, 0.29) is 98.9 Å². The first-order valence-corrected chi connectivity index (χ1v) is 11.9. The summed E-state index contributed by atoms with van der Waals surface area (Å²) in [5, 5.41) is 23.0. The number of aliphatic carboxylic acids is 1. The zero-order valence-corrected chi connectivity index (χ0v) is 24.3. The van der Waals surface area contributed by atoms with Gasteiger partial charge in [-0.15, -0.1) is 5.10 Å². The molecule has 3 atom stereocenters. The van der Waals surface area contributed by atoms with Crippen molar-refractivity contribution in [3.8, 4) is 0 Å². The molecule has 2 aliphatic heterocycles. The van der Waals surface area contributed by atoms with Crippen LogP contribution in [0.5, 0.6) is 0 Å². The number of carbonyl (C=O) groups is 4. The van der Waals surface area contributed by atoms with Crippen LogP contribution in [0, 0.1) is 0 Å². The Bertz CT molecular complexity index is 996. The van der Waals surface area contributed by atoms with Gasteiger partial charge in [-0.05, 0) is 17.4 Å². The van der Waals surface area contributed by atoms with Crippen LogP contribution in [0.25, 0.3) is 0 Å². The third-order valence-corrected chi connectivity index (χ3v) is 6.54. The van der Waals surface area contributed by atoms with E-state index in [9.17, 15) is 33.7 Å². The van der Waals surface area contributed by atoms with Crippen molar-refractivity contribution in [3.05, 3.63) is 0 Å². The third-order valence-electron chi connectivity index (χ3n) is 4.29. The molecule has 34 heavy (non-hydrogen) atoms. The van der Waals surface area contributed by atoms with Crippen LogP contribution in [-0.4, -0.2) is 89.8 Å². The molecule has 0 bridgehead atoms. The van der Waals surface area contributed by atoms with E-state index < -0.39 is 49.4 Å². The van der Waals surface area contributed by atoms with Gasteiger partial charge in [0, 0.05) is 6.42 Å². The summed E-state index contributed by atoms with van der Waals surface area (Å²) in [5.74, 6) is -4.16.